The monoisotopic (exact) mass is 338 g/mol. The van der Waals surface area contributed by atoms with Gasteiger partial charge in [-0.1, -0.05) is 6.92 Å². The molecule has 1 atom stereocenters. The Hall–Kier alpha value is -0.660. The highest BCUT2D eigenvalue weighted by Gasteiger charge is 2.20. The molecule has 0 saturated carbocycles. The fourth-order valence-electron chi connectivity index (χ4n) is 1.28. The predicted octanol–water partition coefficient (Wildman–Crippen LogP) is 2.33. The van der Waals surface area contributed by atoms with E-state index in [1.165, 1.54) is 12.1 Å². The van der Waals surface area contributed by atoms with Gasteiger partial charge >= 0.3 is 0 Å². The largest absolute Gasteiger partial charge is 0.316 e. The lowest BCUT2D eigenvalue weighted by molar-refractivity contribution is 0.579. The van der Waals surface area contributed by atoms with E-state index < -0.39 is 21.1 Å². The van der Waals surface area contributed by atoms with Crippen LogP contribution in [0.25, 0.3) is 0 Å². The van der Waals surface area contributed by atoms with Gasteiger partial charge in [0.05, 0.1) is 15.4 Å². The zero-order valence-electron chi connectivity index (χ0n) is 10.2. The standard InChI is InChI=1S/C11H16BrFN2O2S/c1-3-14-7-8(2)18(16,17)15-9-4-5-10(12)11(13)6-9/h4-6,8,14-15H,3,7H2,1-2H3. The quantitative estimate of drug-likeness (QED) is 0.836. The third-order valence-corrected chi connectivity index (χ3v) is 4.78. The molecule has 1 aromatic rings. The maximum Gasteiger partial charge on any atom is 0.236 e. The minimum Gasteiger partial charge on any atom is -0.316 e. The van der Waals surface area contributed by atoms with E-state index in [2.05, 4.69) is 26.0 Å². The van der Waals surface area contributed by atoms with E-state index in [9.17, 15) is 12.8 Å². The second-order valence-corrected chi connectivity index (χ2v) is 6.85. The molecule has 0 aromatic heterocycles. The molecule has 1 rings (SSSR count). The highest BCUT2D eigenvalue weighted by Crippen LogP contribution is 2.20. The molecule has 0 amide bonds. The summed E-state index contributed by atoms with van der Waals surface area (Å²) in [5.41, 5.74) is 0.221. The topological polar surface area (TPSA) is 58.2 Å². The molecule has 0 saturated heterocycles. The number of benzene rings is 1. The molecule has 2 N–H and O–H groups in total. The molecule has 0 aliphatic carbocycles. The van der Waals surface area contributed by atoms with Crippen LogP contribution in [0.1, 0.15) is 13.8 Å². The third kappa shape index (κ3) is 4.22. The zero-order chi connectivity index (χ0) is 13.8. The first-order valence-electron chi connectivity index (χ1n) is 5.54. The van der Waals surface area contributed by atoms with E-state index in [0.29, 0.717) is 17.6 Å². The van der Waals surface area contributed by atoms with Gasteiger partial charge < -0.3 is 5.32 Å². The fourth-order valence-corrected chi connectivity index (χ4v) is 2.52. The van der Waals surface area contributed by atoms with Crippen molar-refractivity contribution in [2.24, 2.45) is 0 Å². The average molecular weight is 339 g/mol. The van der Waals surface area contributed by atoms with E-state index in [-0.39, 0.29) is 5.69 Å². The van der Waals surface area contributed by atoms with Crippen LogP contribution < -0.4 is 10.0 Å². The summed E-state index contributed by atoms with van der Waals surface area (Å²) in [6.45, 7) is 4.55. The first kappa shape index (κ1) is 15.4. The lowest BCUT2D eigenvalue weighted by atomic mass is 10.3. The molecule has 7 heteroatoms. The maximum absolute atomic E-state index is 13.3. The molecule has 1 aromatic carbocycles. The van der Waals surface area contributed by atoms with Gasteiger partial charge in [-0.05, 0) is 47.6 Å². The van der Waals surface area contributed by atoms with Crippen molar-refractivity contribution < 1.29 is 12.8 Å². The Bertz CT molecular complexity index is 508. The summed E-state index contributed by atoms with van der Waals surface area (Å²) in [6, 6.07) is 4.11. The Balaban J connectivity index is 2.78. The predicted molar refractivity (Wildman–Crippen MR) is 74.6 cm³/mol. The van der Waals surface area contributed by atoms with Crippen LogP contribution in [0, 0.1) is 5.82 Å². The highest BCUT2D eigenvalue weighted by molar-refractivity contribution is 9.10. The van der Waals surface area contributed by atoms with Crippen LogP contribution in [0.15, 0.2) is 22.7 Å². The molecule has 0 aliphatic heterocycles. The number of anilines is 1. The first-order chi connectivity index (χ1) is 8.36. The van der Waals surface area contributed by atoms with Crippen LogP contribution in [-0.2, 0) is 10.0 Å². The van der Waals surface area contributed by atoms with Crippen molar-refractivity contribution in [2.45, 2.75) is 19.1 Å². The molecule has 0 bridgehead atoms. The van der Waals surface area contributed by atoms with E-state index in [4.69, 9.17) is 0 Å². The Morgan fingerprint density at radius 3 is 2.67 bits per heavy atom. The Morgan fingerprint density at radius 2 is 2.11 bits per heavy atom. The van der Waals surface area contributed by atoms with E-state index >= 15 is 0 Å². The average Bonchev–Trinajstić information content (AvgIpc) is 2.30. The summed E-state index contributed by atoms with van der Waals surface area (Å²) in [4.78, 5) is 0. The van der Waals surface area contributed by atoms with E-state index in [0.717, 1.165) is 6.07 Å². The smallest absolute Gasteiger partial charge is 0.236 e. The molecule has 102 valence electrons. The van der Waals surface area contributed by atoms with Crippen molar-refractivity contribution in [1.82, 2.24) is 5.32 Å². The van der Waals surface area contributed by atoms with Gasteiger partial charge in [-0.2, -0.15) is 0 Å². The normalized spacial score (nSPS) is 13.3. The number of rotatable bonds is 6. The van der Waals surface area contributed by atoms with Gasteiger partial charge in [-0.25, -0.2) is 12.8 Å². The van der Waals surface area contributed by atoms with Crippen molar-refractivity contribution in [2.75, 3.05) is 17.8 Å². The number of nitrogens with one attached hydrogen (secondary N) is 2. The summed E-state index contributed by atoms with van der Waals surface area (Å²) < 4.78 is 39.8. The molecule has 4 nitrogen and oxygen atoms in total. The van der Waals surface area contributed by atoms with E-state index in [1.54, 1.807) is 6.92 Å². The van der Waals surface area contributed by atoms with Crippen LogP contribution in [-0.4, -0.2) is 26.8 Å². The summed E-state index contributed by atoms with van der Waals surface area (Å²) >= 11 is 3.01. The summed E-state index contributed by atoms with van der Waals surface area (Å²) in [7, 11) is -3.51. The molecule has 0 spiro atoms. The minimum absolute atomic E-state index is 0.221. The van der Waals surface area contributed by atoms with Gasteiger partial charge in [-0.3, -0.25) is 4.72 Å². The Morgan fingerprint density at radius 1 is 1.44 bits per heavy atom. The summed E-state index contributed by atoms with van der Waals surface area (Å²) in [5.74, 6) is -0.505. The zero-order valence-corrected chi connectivity index (χ0v) is 12.6. The SMILES string of the molecule is CCNCC(C)S(=O)(=O)Nc1ccc(Br)c(F)c1. The van der Waals surface area contributed by atoms with Crippen molar-refractivity contribution in [1.29, 1.82) is 0 Å². The first-order valence-corrected chi connectivity index (χ1v) is 7.88. The lowest BCUT2D eigenvalue weighted by Crippen LogP contribution is -2.34. The third-order valence-electron chi connectivity index (χ3n) is 2.39. The van der Waals surface area contributed by atoms with Gasteiger partial charge in [0.2, 0.25) is 10.0 Å². The molecular formula is C11H16BrFN2O2S. The second-order valence-electron chi connectivity index (χ2n) is 3.89. The van der Waals surface area contributed by atoms with Crippen LogP contribution >= 0.6 is 15.9 Å². The van der Waals surface area contributed by atoms with Crippen LogP contribution in [0.2, 0.25) is 0 Å². The van der Waals surface area contributed by atoms with Crippen LogP contribution in [0.5, 0.6) is 0 Å². The molecule has 0 heterocycles. The molecule has 0 radical (unpaired) electrons. The number of sulfonamides is 1. The lowest BCUT2D eigenvalue weighted by Gasteiger charge is -2.15. The Kier molecular flexibility index (Phi) is 5.55. The van der Waals surface area contributed by atoms with Crippen LogP contribution in [0.4, 0.5) is 10.1 Å². The van der Waals surface area contributed by atoms with Crippen molar-refractivity contribution in [3.05, 3.63) is 28.5 Å². The van der Waals surface area contributed by atoms with Crippen molar-refractivity contribution >= 4 is 31.6 Å². The Labute approximate surface area is 115 Å². The van der Waals surface area contributed by atoms with Gasteiger partial charge in [0.25, 0.3) is 0 Å². The molecular weight excluding hydrogens is 323 g/mol. The minimum atomic E-state index is -3.51. The second kappa shape index (κ2) is 6.49. The van der Waals surface area contributed by atoms with E-state index in [1.807, 2.05) is 6.92 Å². The molecule has 0 aliphatic rings. The van der Waals surface area contributed by atoms with Gasteiger partial charge in [0.1, 0.15) is 5.82 Å². The van der Waals surface area contributed by atoms with Gasteiger partial charge in [-0.15, -0.1) is 0 Å². The van der Waals surface area contributed by atoms with Crippen molar-refractivity contribution in [3.8, 4) is 0 Å². The molecule has 1 unspecified atom stereocenters. The van der Waals surface area contributed by atoms with Crippen molar-refractivity contribution in [3.63, 3.8) is 0 Å². The summed E-state index contributed by atoms with van der Waals surface area (Å²) in [5, 5.41) is 2.37. The maximum atomic E-state index is 13.3. The van der Waals surface area contributed by atoms with Crippen LogP contribution in [0.3, 0.4) is 0 Å². The number of hydrogen-bond acceptors (Lipinski definition) is 3. The van der Waals surface area contributed by atoms with Gasteiger partial charge in [0.15, 0.2) is 0 Å². The molecule has 18 heavy (non-hydrogen) atoms. The number of hydrogen-bond donors (Lipinski definition) is 2. The molecule has 0 fully saturated rings. The summed E-state index contributed by atoms with van der Waals surface area (Å²) in [6.07, 6.45) is 0. The van der Waals surface area contributed by atoms with Gasteiger partial charge in [0, 0.05) is 6.54 Å². The highest BCUT2D eigenvalue weighted by atomic mass is 79.9. The number of halogens is 2. The fraction of sp³-hybridized carbons (Fsp3) is 0.455.